The summed E-state index contributed by atoms with van der Waals surface area (Å²) in [6.07, 6.45) is 9.34. The van der Waals surface area contributed by atoms with E-state index >= 15 is 0 Å². The molecule has 0 spiro atoms. The van der Waals surface area contributed by atoms with E-state index in [0.717, 1.165) is 10.3 Å². The molecule has 3 nitrogen and oxygen atoms in total. The Morgan fingerprint density at radius 3 is 2.59 bits per heavy atom. The Bertz CT molecular complexity index is 417. The number of rotatable bonds is 2. The highest BCUT2D eigenvalue weighted by atomic mass is 79.9. The van der Waals surface area contributed by atoms with Crippen LogP contribution >= 0.6 is 15.9 Å². The zero-order valence-electron chi connectivity index (χ0n) is 9.75. The minimum Gasteiger partial charge on any atom is -0.366 e. The summed E-state index contributed by atoms with van der Waals surface area (Å²) < 4.78 is 0.876. The van der Waals surface area contributed by atoms with Gasteiger partial charge in [0.2, 0.25) is 0 Å². The van der Waals surface area contributed by atoms with E-state index in [1.165, 1.54) is 38.5 Å². The first-order chi connectivity index (χ1) is 8.29. The minimum absolute atomic E-state index is 0.522. The number of pyridine rings is 1. The monoisotopic (exact) mass is 293 g/mol. The zero-order chi connectivity index (χ0) is 12.1. The van der Waals surface area contributed by atoms with Crippen molar-refractivity contribution in [3.05, 3.63) is 22.3 Å². The van der Waals surface area contributed by atoms with Crippen LogP contribution in [0, 0.1) is 11.3 Å². The van der Waals surface area contributed by atoms with Crippen LogP contribution in [0.4, 0.5) is 5.82 Å². The fraction of sp³-hybridized carbons (Fsp3) is 0.538. The largest absolute Gasteiger partial charge is 0.366 e. The van der Waals surface area contributed by atoms with Crippen molar-refractivity contribution in [1.82, 2.24) is 4.98 Å². The fourth-order valence-electron chi connectivity index (χ4n) is 2.22. The molecule has 4 heteroatoms. The van der Waals surface area contributed by atoms with Crippen LogP contribution in [-0.4, -0.2) is 11.0 Å². The average molecular weight is 294 g/mol. The van der Waals surface area contributed by atoms with Gasteiger partial charge in [0, 0.05) is 12.2 Å². The molecule has 1 N–H and O–H groups in total. The van der Waals surface area contributed by atoms with Crippen LogP contribution in [0.25, 0.3) is 0 Å². The molecule has 1 saturated carbocycles. The van der Waals surface area contributed by atoms with Crippen LogP contribution in [-0.2, 0) is 0 Å². The van der Waals surface area contributed by atoms with E-state index in [-0.39, 0.29) is 0 Å². The Balaban J connectivity index is 2.05. The molecule has 1 fully saturated rings. The van der Waals surface area contributed by atoms with Crippen LogP contribution in [0.1, 0.15) is 44.1 Å². The van der Waals surface area contributed by atoms with E-state index < -0.39 is 0 Å². The maximum atomic E-state index is 8.78. The van der Waals surface area contributed by atoms with Gasteiger partial charge in [0.25, 0.3) is 0 Å². The minimum atomic E-state index is 0.522. The van der Waals surface area contributed by atoms with Crippen molar-refractivity contribution in [1.29, 1.82) is 5.26 Å². The molecule has 0 atom stereocenters. The standard InChI is InChI=1S/C13H16BrN3/c14-12-7-10(8-15)9-16-13(12)17-11-5-3-1-2-4-6-11/h7,9,11H,1-6H2,(H,16,17). The molecule has 0 saturated heterocycles. The maximum Gasteiger partial charge on any atom is 0.140 e. The van der Waals surface area contributed by atoms with Gasteiger partial charge < -0.3 is 5.32 Å². The molecule has 1 aromatic heterocycles. The summed E-state index contributed by atoms with van der Waals surface area (Å²) in [4.78, 5) is 4.29. The van der Waals surface area contributed by atoms with Crippen LogP contribution < -0.4 is 5.32 Å². The van der Waals surface area contributed by atoms with E-state index in [1.54, 1.807) is 6.20 Å². The van der Waals surface area contributed by atoms with E-state index in [1.807, 2.05) is 6.07 Å². The fourth-order valence-corrected chi connectivity index (χ4v) is 2.69. The quantitative estimate of drug-likeness (QED) is 0.843. The molecular formula is C13H16BrN3. The van der Waals surface area contributed by atoms with Gasteiger partial charge in [0.15, 0.2) is 0 Å². The van der Waals surface area contributed by atoms with Crippen LogP contribution in [0.15, 0.2) is 16.7 Å². The first-order valence-corrected chi connectivity index (χ1v) is 6.91. The number of anilines is 1. The molecule has 1 aliphatic rings. The lowest BCUT2D eigenvalue weighted by Gasteiger charge is -2.17. The van der Waals surface area contributed by atoms with Crippen molar-refractivity contribution < 1.29 is 0 Å². The first kappa shape index (κ1) is 12.4. The van der Waals surface area contributed by atoms with Gasteiger partial charge in [-0.1, -0.05) is 25.7 Å². The predicted octanol–water partition coefficient (Wildman–Crippen LogP) is 3.85. The highest BCUT2D eigenvalue weighted by Crippen LogP contribution is 2.25. The van der Waals surface area contributed by atoms with Crippen molar-refractivity contribution in [3.63, 3.8) is 0 Å². The van der Waals surface area contributed by atoms with Crippen molar-refractivity contribution in [2.45, 2.75) is 44.6 Å². The third-order valence-electron chi connectivity index (χ3n) is 3.17. The number of nitriles is 1. The van der Waals surface area contributed by atoms with Crippen molar-refractivity contribution >= 4 is 21.7 Å². The highest BCUT2D eigenvalue weighted by Gasteiger charge is 2.13. The number of hydrogen-bond donors (Lipinski definition) is 1. The molecular weight excluding hydrogens is 278 g/mol. The Morgan fingerprint density at radius 2 is 2.00 bits per heavy atom. The van der Waals surface area contributed by atoms with Gasteiger partial charge in [-0.3, -0.25) is 0 Å². The molecule has 2 rings (SSSR count). The number of hydrogen-bond acceptors (Lipinski definition) is 3. The van der Waals surface area contributed by atoms with Gasteiger partial charge in [-0.15, -0.1) is 0 Å². The molecule has 0 radical (unpaired) electrons. The Morgan fingerprint density at radius 1 is 1.29 bits per heavy atom. The number of nitrogens with zero attached hydrogens (tertiary/aromatic N) is 2. The van der Waals surface area contributed by atoms with Gasteiger partial charge >= 0.3 is 0 Å². The van der Waals surface area contributed by atoms with Gasteiger partial charge in [0.05, 0.1) is 10.0 Å². The number of halogens is 1. The zero-order valence-corrected chi connectivity index (χ0v) is 11.3. The van der Waals surface area contributed by atoms with Crippen LogP contribution in [0.5, 0.6) is 0 Å². The molecule has 17 heavy (non-hydrogen) atoms. The third-order valence-corrected chi connectivity index (χ3v) is 3.77. The Hall–Kier alpha value is -1.08. The molecule has 1 heterocycles. The van der Waals surface area contributed by atoms with E-state index in [4.69, 9.17) is 5.26 Å². The molecule has 0 aliphatic heterocycles. The van der Waals surface area contributed by atoms with Crippen molar-refractivity contribution in [2.75, 3.05) is 5.32 Å². The van der Waals surface area contributed by atoms with Gasteiger partial charge in [0.1, 0.15) is 11.9 Å². The summed E-state index contributed by atoms with van der Waals surface area (Å²) in [6.45, 7) is 0. The second-order valence-corrected chi connectivity index (χ2v) is 5.35. The topological polar surface area (TPSA) is 48.7 Å². The molecule has 0 unspecified atom stereocenters. The second-order valence-electron chi connectivity index (χ2n) is 4.50. The summed E-state index contributed by atoms with van der Waals surface area (Å²) in [5, 5.41) is 12.3. The summed E-state index contributed by atoms with van der Waals surface area (Å²) >= 11 is 3.46. The summed E-state index contributed by atoms with van der Waals surface area (Å²) in [5.74, 6) is 0.857. The Kier molecular flexibility index (Phi) is 4.38. The number of aromatic nitrogens is 1. The molecule has 1 aromatic rings. The van der Waals surface area contributed by atoms with Gasteiger partial charge in [-0.25, -0.2) is 4.98 Å². The predicted molar refractivity (Wildman–Crippen MR) is 71.8 cm³/mol. The lowest BCUT2D eigenvalue weighted by molar-refractivity contribution is 0.617. The first-order valence-electron chi connectivity index (χ1n) is 6.12. The van der Waals surface area contributed by atoms with Crippen LogP contribution in [0.2, 0.25) is 0 Å². The maximum absolute atomic E-state index is 8.78. The molecule has 0 bridgehead atoms. The summed E-state index contributed by atoms with van der Waals surface area (Å²) in [6, 6.07) is 4.42. The van der Waals surface area contributed by atoms with E-state index in [2.05, 4.69) is 32.3 Å². The number of nitrogens with one attached hydrogen (secondary N) is 1. The molecule has 0 amide bonds. The van der Waals surface area contributed by atoms with Crippen molar-refractivity contribution in [2.24, 2.45) is 0 Å². The third kappa shape index (κ3) is 3.44. The van der Waals surface area contributed by atoms with Crippen LogP contribution in [0.3, 0.4) is 0 Å². The van der Waals surface area contributed by atoms with E-state index in [0.29, 0.717) is 11.6 Å². The summed E-state index contributed by atoms with van der Waals surface area (Å²) in [5.41, 5.74) is 0.586. The van der Waals surface area contributed by atoms with Gasteiger partial charge in [-0.05, 0) is 34.8 Å². The molecule has 90 valence electrons. The van der Waals surface area contributed by atoms with Crippen molar-refractivity contribution in [3.8, 4) is 6.07 Å². The van der Waals surface area contributed by atoms with E-state index in [9.17, 15) is 0 Å². The lowest BCUT2D eigenvalue weighted by Crippen LogP contribution is -2.19. The SMILES string of the molecule is N#Cc1cnc(NC2CCCCCC2)c(Br)c1. The smallest absolute Gasteiger partial charge is 0.140 e. The lowest BCUT2D eigenvalue weighted by atomic mass is 10.1. The molecule has 1 aliphatic carbocycles. The normalized spacial score (nSPS) is 17.2. The average Bonchev–Trinajstić information content (AvgIpc) is 2.60. The highest BCUT2D eigenvalue weighted by molar-refractivity contribution is 9.10. The van der Waals surface area contributed by atoms with Gasteiger partial charge in [-0.2, -0.15) is 5.26 Å². The second kappa shape index (κ2) is 6.02. The Labute approximate surface area is 110 Å². The summed E-state index contributed by atoms with van der Waals surface area (Å²) in [7, 11) is 0. The molecule has 0 aromatic carbocycles.